The predicted octanol–water partition coefficient (Wildman–Crippen LogP) is 4.81. The number of carbonyl (C=O) groups excluding carboxylic acids is 1. The van der Waals surface area contributed by atoms with Crippen LogP contribution in [0.1, 0.15) is 6.92 Å². The Morgan fingerprint density at radius 1 is 0.857 bits per heavy atom. The molecule has 0 saturated heterocycles. The molecule has 0 aliphatic carbocycles. The Labute approximate surface area is 165 Å². The molecule has 144 valence electrons. The maximum atomic E-state index is 12.7. The SMILES string of the molecule is COc1ccc(N[C@H](C)C(=O)Nc2ccccc2-c2ccccc2)cc1OC. The zero-order valence-electron chi connectivity index (χ0n) is 16.2. The average molecular weight is 376 g/mol. The van der Waals surface area contributed by atoms with Gasteiger partial charge in [-0.05, 0) is 30.7 Å². The second-order valence-corrected chi connectivity index (χ2v) is 6.34. The van der Waals surface area contributed by atoms with Crippen LogP contribution in [-0.2, 0) is 4.79 Å². The van der Waals surface area contributed by atoms with Crippen molar-refractivity contribution in [3.63, 3.8) is 0 Å². The number of para-hydroxylation sites is 1. The van der Waals surface area contributed by atoms with Crippen LogP contribution >= 0.6 is 0 Å². The molecular formula is C23H24N2O3. The van der Waals surface area contributed by atoms with E-state index in [0.717, 1.165) is 22.5 Å². The van der Waals surface area contributed by atoms with Gasteiger partial charge in [-0.2, -0.15) is 0 Å². The van der Waals surface area contributed by atoms with Gasteiger partial charge in [0.15, 0.2) is 11.5 Å². The quantitative estimate of drug-likeness (QED) is 0.621. The third-order valence-corrected chi connectivity index (χ3v) is 4.43. The van der Waals surface area contributed by atoms with Crippen LogP contribution in [0.15, 0.2) is 72.8 Å². The normalized spacial score (nSPS) is 11.4. The van der Waals surface area contributed by atoms with Crippen molar-refractivity contribution in [3.05, 3.63) is 72.8 Å². The molecule has 0 aliphatic heterocycles. The number of carbonyl (C=O) groups is 1. The van der Waals surface area contributed by atoms with Crippen molar-refractivity contribution in [1.29, 1.82) is 0 Å². The summed E-state index contributed by atoms with van der Waals surface area (Å²) in [7, 11) is 3.17. The molecule has 1 amide bonds. The van der Waals surface area contributed by atoms with Gasteiger partial charge in [0.05, 0.1) is 14.2 Å². The fraction of sp³-hybridized carbons (Fsp3) is 0.174. The Morgan fingerprint density at radius 2 is 1.54 bits per heavy atom. The molecule has 0 fully saturated rings. The molecule has 5 nitrogen and oxygen atoms in total. The molecule has 0 heterocycles. The molecule has 0 spiro atoms. The van der Waals surface area contributed by atoms with Crippen LogP contribution in [-0.4, -0.2) is 26.2 Å². The number of ether oxygens (including phenoxy) is 2. The van der Waals surface area contributed by atoms with Crippen LogP contribution < -0.4 is 20.1 Å². The van der Waals surface area contributed by atoms with Crippen LogP contribution in [0.4, 0.5) is 11.4 Å². The molecule has 0 bridgehead atoms. The smallest absolute Gasteiger partial charge is 0.246 e. The third kappa shape index (κ3) is 4.43. The largest absolute Gasteiger partial charge is 0.493 e. The van der Waals surface area contributed by atoms with Crippen molar-refractivity contribution in [2.24, 2.45) is 0 Å². The first-order valence-corrected chi connectivity index (χ1v) is 9.06. The Balaban J connectivity index is 1.74. The molecule has 0 radical (unpaired) electrons. The molecule has 28 heavy (non-hydrogen) atoms. The van der Waals surface area contributed by atoms with E-state index < -0.39 is 6.04 Å². The van der Waals surface area contributed by atoms with Crippen molar-refractivity contribution in [3.8, 4) is 22.6 Å². The van der Waals surface area contributed by atoms with Crippen LogP contribution in [0.5, 0.6) is 11.5 Å². The fourth-order valence-electron chi connectivity index (χ4n) is 2.94. The standard InChI is InChI=1S/C23H24N2O3/c1-16(24-18-13-14-21(27-2)22(15-18)28-3)23(26)25-20-12-8-7-11-19(20)17-9-5-4-6-10-17/h4-16,24H,1-3H3,(H,25,26)/t16-/m1/s1. The lowest BCUT2D eigenvalue weighted by atomic mass is 10.0. The van der Waals surface area contributed by atoms with Gasteiger partial charge in [0.2, 0.25) is 5.91 Å². The highest BCUT2D eigenvalue weighted by molar-refractivity contribution is 5.99. The Morgan fingerprint density at radius 3 is 2.25 bits per heavy atom. The first-order chi connectivity index (χ1) is 13.6. The molecule has 3 aromatic rings. The van der Waals surface area contributed by atoms with Gasteiger partial charge in [-0.3, -0.25) is 4.79 Å². The number of hydrogen-bond acceptors (Lipinski definition) is 4. The second kappa shape index (κ2) is 8.95. The molecule has 1 atom stereocenters. The van der Waals surface area contributed by atoms with E-state index in [1.54, 1.807) is 26.4 Å². The molecule has 3 rings (SSSR count). The third-order valence-electron chi connectivity index (χ3n) is 4.43. The lowest BCUT2D eigenvalue weighted by Gasteiger charge is -2.18. The van der Waals surface area contributed by atoms with Crippen molar-refractivity contribution in [2.45, 2.75) is 13.0 Å². The van der Waals surface area contributed by atoms with Crippen molar-refractivity contribution < 1.29 is 14.3 Å². The van der Waals surface area contributed by atoms with Gasteiger partial charge in [0.1, 0.15) is 6.04 Å². The minimum Gasteiger partial charge on any atom is -0.493 e. The zero-order valence-corrected chi connectivity index (χ0v) is 16.2. The Kier molecular flexibility index (Phi) is 6.17. The first-order valence-electron chi connectivity index (χ1n) is 9.06. The van der Waals surface area contributed by atoms with E-state index in [9.17, 15) is 4.79 Å². The van der Waals surface area contributed by atoms with E-state index in [1.165, 1.54) is 0 Å². The summed E-state index contributed by atoms with van der Waals surface area (Å²) in [6.45, 7) is 1.82. The second-order valence-electron chi connectivity index (χ2n) is 6.34. The summed E-state index contributed by atoms with van der Waals surface area (Å²) >= 11 is 0. The maximum absolute atomic E-state index is 12.7. The summed E-state index contributed by atoms with van der Waals surface area (Å²) in [5.41, 5.74) is 3.59. The molecule has 0 aromatic heterocycles. The van der Waals surface area contributed by atoms with Crippen LogP contribution in [0, 0.1) is 0 Å². The van der Waals surface area contributed by atoms with Crippen LogP contribution in [0.2, 0.25) is 0 Å². The number of hydrogen-bond donors (Lipinski definition) is 2. The van der Waals surface area contributed by atoms with E-state index in [2.05, 4.69) is 10.6 Å². The van der Waals surface area contributed by atoms with Crippen molar-refractivity contribution >= 4 is 17.3 Å². The van der Waals surface area contributed by atoms with Crippen molar-refractivity contribution in [1.82, 2.24) is 0 Å². The monoisotopic (exact) mass is 376 g/mol. The fourth-order valence-corrected chi connectivity index (χ4v) is 2.94. The van der Waals surface area contributed by atoms with Gasteiger partial charge in [0.25, 0.3) is 0 Å². The van der Waals surface area contributed by atoms with Gasteiger partial charge in [0, 0.05) is 23.0 Å². The van der Waals surface area contributed by atoms with Gasteiger partial charge in [-0.1, -0.05) is 48.5 Å². The van der Waals surface area contributed by atoms with Gasteiger partial charge >= 0.3 is 0 Å². The minimum atomic E-state index is -0.443. The molecule has 3 aromatic carbocycles. The van der Waals surface area contributed by atoms with Gasteiger partial charge in [-0.25, -0.2) is 0 Å². The lowest BCUT2D eigenvalue weighted by Crippen LogP contribution is -2.32. The van der Waals surface area contributed by atoms with E-state index in [4.69, 9.17) is 9.47 Å². The zero-order chi connectivity index (χ0) is 19.9. The molecule has 0 unspecified atom stereocenters. The number of anilines is 2. The van der Waals surface area contributed by atoms with E-state index in [0.29, 0.717) is 11.5 Å². The van der Waals surface area contributed by atoms with E-state index >= 15 is 0 Å². The summed E-state index contributed by atoms with van der Waals surface area (Å²) in [6, 6.07) is 22.8. The highest BCUT2D eigenvalue weighted by Gasteiger charge is 2.16. The molecule has 5 heteroatoms. The molecule has 2 N–H and O–H groups in total. The topological polar surface area (TPSA) is 59.6 Å². The molecule has 0 aliphatic rings. The number of methoxy groups -OCH3 is 2. The maximum Gasteiger partial charge on any atom is 0.246 e. The first kappa shape index (κ1) is 19.3. The van der Waals surface area contributed by atoms with E-state index in [-0.39, 0.29) is 5.91 Å². The number of rotatable bonds is 7. The average Bonchev–Trinajstić information content (AvgIpc) is 2.74. The van der Waals surface area contributed by atoms with Crippen molar-refractivity contribution in [2.75, 3.05) is 24.9 Å². The molecular weight excluding hydrogens is 352 g/mol. The molecule has 0 saturated carbocycles. The summed E-state index contributed by atoms with van der Waals surface area (Å²) in [5, 5.41) is 6.22. The minimum absolute atomic E-state index is 0.127. The van der Waals surface area contributed by atoms with Gasteiger partial charge in [-0.15, -0.1) is 0 Å². The number of amides is 1. The number of nitrogens with one attached hydrogen (secondary N) is 2. The van der Waals surface area contributed by atoms with E-state index in [1.807, 2.05) is 67.6 Å². The Hall–Kier alpha value is -3.47. The summed E-state index contributed by atoms with van der Waals surface area (Å²) < 4.78 is 10.6. The van der Waals surface area contributed by atoms with Crippen LogP contribution in [0.3, 0.4) is 0 Å². The van der Waals surface area contributed by atoms with Crippen LogP contribution in [0.25, 0.3) is 11.1 Å². The highest BCUT2D eigenvalue weighted by Crippen LogP contribution is 2.30. The summed E-state index contributed by atoms with van der Waals surface area (Å²) in [5.74, 6) is 1.12. The lowest BCUT2D eigenvalue weighted by molar-refractivity contribution is -0.116. The summed E-state index contributed by atoms with van der Waals surface area (Å²) in [6.07, 6.45) is 0. The highest BCUT2D eigenvalue weighted by atomic mass is 16.5. The summed E-state index contributed by atoms with van der Waals surface area (Å²) in [4.78, 5) is 12.7. The predicted molar refractivity (Wildman–Crippen MR) is 113 cm³/mol. The number of benzene rings is 3. The Bertz CT molecular complexity index is 942. The van der Waals surface area contributed by atoms with Gasteiger partial charge < -0.3 is 20.1 Å².